The molecule has 3 saturated heterocycles. The molecule has 1 spiro atoms. The quantitative estimate of drug-likeness (QED) is 0.308. The highest BCUT2D eigenvalue weighted by Gasteiger charge is 2.47. The molecule has 0 atom stereocenters. The molecule has 0 aromatic heterocycles. The van der Waals surface area contributed by atoms with Gasteiger partial charge in [0, 0.05) is 99.9 Å². The number of nitrogens with one attached hydrogen (secondary N) is 1. The van der Waals surface area contributed by atoms with Crippen LogP contribution in [0.15, 0.2) is 24.3 Å². The average Bonchev–Trinajstić information content (AvgIpc) is 2.88. The summed E-state index contributed by atoms with van der Waals surface area (Å²) in [6.45, 7) is 5.34. The van der Waals surface area contributed by atoms with Crippen LogP contribution in [0.25, 0.3) is 5.70 Å². The average molecular weight is 616 g/mol. The van der Waals surface area contributed by atoms with E-state index in [4.69, 9.17) is 9.57 Å². The number of likely N-dealkylation sites (tertiary alicyclic amines) is 2. The number of nitrogens with zero attached hydrogens (tertiary/aromatic N) is 3. The second-order valence-electron chi connectivity index (χ2n) is 10.6. The number of fused-ring (bicyclic) bond motifs is 1. The fraction of sp³-hybridized carbons (Fsp3) is 0.654. The van der Waals surface area contributed by atoms with Crippen LogP contribution in [-0.2, 0) is 9.63 Å². The SMILES string of the molecule is CONC1=CC2(CCN(C(=O)C3(F)CCN(CC4CCN(I)CC4)CC3)CC2)Oc2ccc(F)cc21. The van der Waals surface area contributed by atoms with Gasteiger partial charge in [-0.1, -0.05) is 0 Å². The van der Waals surface area contributed by atoms with E-state index in [9.17, 15) is 9.18 Å². The molecule has 36 heavy (non-hydrogen) atoms. The molecule has 5 rings (SSSR count). The highest BCUT2D eigenvalue weighted by molar-refractivity contribution is 14.1. The molecular formula is C26H35F2IN4O3. The Kier molecular flexibility index (Phi) is 7.77. The number of halogens is 3. The van der Waals surface area contributed by atoms with Crippen molar-refractivity contribution in [1.82, 2.24) is 18.4 Å². The van der Waals surface area contributed by atoms with Gasteiger partial charge in [-0.2, -0.15) is 0 Å². The minimum Gasteiger partial charge on any atom is -0.482 e. The van der Waals surface area contributed by atoms with Gasteiger partial charge in [0.25, 0.3) is 5.91 Å². The van der Waals surface area contributed by atoms with Gasteiger partial charge >= 0.3 is 0 Å². The minimum atomic E-state index is -1.79. The largest absolute Gasteiger partial charge is 0.482 e. The number of benzene rings is 1. The monoisotopic (exact) mass is 616 g/mol. The third-order valence-corrected chi connectivity index (χ3v) is 9.13. The van der Waals surface area contributed by atoms with Gasteiger partial charge in [0.05, 0.1) is 12.8 Å². The molecule has 198 valence electrons. The number of alkyl halides is 1. The van der Waals surface area contributed by atoms with Crippen molar-refractivity contribution in [2.75, 3.05) is 52.9 Å². The van der Waals surface area contributed by atoms with Crippen molar-refractivity contribution in [2.24, 2.45) is 5.92 Å². The number of carbonyl (C=O) groups is 1. The molecule has 0 aliphatic carbocycles. The summed E-state index contributed by atoms with van der Waals surface area (Å²) in [5.74, 6) is 0.493. The highest BCUT2D eigenvalue weighted by atomic mass is 127. The van der Waals surface area contributed by atoms with Crippen molar-refractivity contribution < 1.29 is 23.1 Å². The summed E-state index contributed by atoms with van der Waals surface area (Å²) in [7, 11) is 1.50. The number of amides is 1. The molecule has 7 nitrogen and oxygen atoms in total. The molecule has 0 unspecified atom stereocenters. The Morgan fingerprint density at radius 1 is 1.14 bits per heavy atom. The van der Waals surface area contributed by atoms with Crippen molar-refractivity contribution in [3.05, 3.63) is 35.7 Å². The first-order chi connectivity index (χ1) is 17.3. The number of hydrogen-bond acceptors (Lipinski definition) is 6. The Bertz CT molecular complexity index is 985. The van der Waals surface area contributed by atoms with E-state index in [1.54, 1.807) is 11.0 Å². The summed E-state index contributed by atoms with van der Waals surface area (Å²) >= 11 is 2.38. The standard InChI is InChI=1S/C26H35F2IN4O3/c1-35-30-22-17-25(36-23-3-2-20(27)16-21(22)23)6-14-32(15-7-25)24(34)26(28)8-12-31(13-9-26)18-19-4-10-33(29)11-5-19/h2-3,16-17,19,30H,4-15,18H2,1H3. The van der Waals surface area contributed by atoms with Gasteiger partial charge in [0.15, 0.2) is 5.67 Å². The van der Waals surface area contributed by atoms with E-state index in [0.717, 1.165) is 19.6 Å². The summed E-state index contributed by atoms with van der Waals surface area (Å²) < 4.78 is 38.3. The second-order valence-corrected chi connectivity index (χ2v) is 11.9. The molecule has 0 bridgehead atoms. The van der Waals surface area contributed by atoms with Crippen LogP contribution < -0.4 is 10.2 Å². The number of carbonyl (C=O) groups excluding carboxylic acids is 1. The zero-order valence-electron chi connectivity index (χ0n) is 20.8. The topological polar surface area (TPSA) is 57.3 Å². The smallest absolute Gasteiger partial charge is 0.260 e. The van der Waals surface area contributed by atoms with E-state index in [0.29, 0.717) is 61.9 Å². The van der Waals surface area contributed by atoms with E-state index >= 15 is 4.39 Å². The molecule has 3 fully saturated rings. The van der Waals surface area contributed by atoms with Crippen molar-refractivity contribution in [3.8, 4) is 5.75 Å². The predicted molar refractivity (Wildman–Crippen MR) is 142 cm³/mol. The molecule has 10 heteroatoms. The van der Waals surface area contributed by atoms with Crippen LogP contribution in [0.5, 0.6) is 5.75 Å². The minimum absolute atomic E-state index is 0.260. The maximum absolute atomic E-state index is 15.9. The summed E-state index contributed by atoms with van der Waals surface area (Å²) in [6.07, 6.45) is 5.86. The first-order valence-electron chi connectivity index (χ1n) is 12.9. The fourth-order valence-electron chi connectivity index (χ4n) is 5.96. The number of ether oxygens (including phenoxy) is 1. The van der Waals surface area contributed by atoms with E-state index in [1.807, 2.05) is 6.08 Å². The maximum atomic E-state index is 15.9. The predicted octanol–water partition coefficient (Wildman–Crippen LogP) is 3.94. The van der Waals surface area contributed by atoms with Gasteiger partial charge in [-0.3, -0.25) is 15.1 Å². The zero-order valence-corrected chi connectivity index (χ0v) is 22.9. The van der Waals surface area contributed by atoms with Gasteiger partial charge in [-0.25, -0.2) is 11.9 Å². The Labute approximate surface area is 225 Å². The Hall–Kier alpha value is -1.50. The van der Waals surface area contributed by atoms with E-state index in [-0.39, 0.29) is 24.6 Å². The molecular weight excluding hydrogens is 581 g/mol. The van der Waals surface area contributed by atoms with Gasteiger partial charge in [0.2, 0.25) is 0 Å². The molecule has 1 N–H and O–H groups in total. The summed E-state index contributed by atoms with van der Waals surface area (Å²) in [5.41, 5.74) is 1.62. The number of hydroxylamine groups is 1. The third kappa shape index (κ3) is 5.51. The molecule has 1 aromatic carbocycles. The van der Waals surface area contributed by atoms with Crippen LogP contribution >= 0.6 is 22.9 Å². The lowest BCUT2D eigenvalue weighted by Gasteiger charge is -2.45. The molecule has 1 amide bonds. The van der Waals surface area contributed by atoms with Crippen LogP contribution in [0.1, 0.15) is 44.1 Å². The van der Waals surface area contributed by atoms with E-state index in [2.05, 4.69) is 36.4 Å². The van der Waals surface area contributed by atoms with Gasteiger partial charge in [-0.15, -0.1) is 0 Å². The number of hydrogen-bond donors (Lipinski definition) is 1. The van der Waals surface area contributed by atoms with Crippen molar-refractivity contribution in [3.63, 3.8) is 0 Å². The van der Waals surface area contributed by atoms with Crippen LogP contribution in [0.4, 0.5) is 8.78 Å². The second kappa shape index (κ2) is 10.7. The van der Waals surface area contributed by atoms with Crippen LogP contribution in [-0.4, -0.2) is 83.0 Å². The lowest BCUT2D eigenvalue weighted by atomic mass is 9.85. The molecule has 4 aliphatic rings. The van der Waals surface area contributed by atoms with Crippen molar-refractivity contribution in [1.29, 1.82) is 0 Å². The lowest BCUT2D eigenvalue weighted by molar-refractivity contribution is -0.150. The fourth-order valence-corrected chi connectivity index (χ4v) is 6.51. The zero-order chi connectivity index (χ0) is 25.3. The van der Waals surface area contributed by atoms with Gasteiger partial charge in [0.1, 0.15) is 17.2 Å². The number of rotatable bonds is 5. The molecule has 0 radical (unpaired) electrons. The Morgan fingerprint density at radius 2 is 1.83 bits per heavy atom. The first-order valence-corrected chi connectivity index (χ1v) is 13.9. The van der Waals surface area contributed by atoms with Crippen LogP contribution in [0, 0.1) is 11.7 Å². The van der Waals surface area contributed by atoms with Crippen molar-refractivity contribution >= 4 is 34.5 Å². The normalized spacial score (nSPS) is 24.7. The van der Waals surface area contributed by atoms with Gasteiger partial charge < -0.3 is 14.5 Å². The Morgan fingerprint density at radius 3 is 2.50 bits per heavy atom. The molecule has 0 saturated carbocycles. The highest BCUT2D eigenvalue weighted by Crippen LogP contribution is 2.41. The van der Waals surface area contributed by atoms with Crippen LogP contribution in [0.3, 0.4) is 0 Å². The summed E-state index contributed by atoms with van der Waals surface area (Å²) in [5, 5.41) is 0. The first kappa shape index (κ1) is 26.1. The van der Waals surface area contributed by atoms with Crippen molar-refractivity contribution in [2.45, 2.75) is 49.8 Å². The lowest BCUT2D eigenvalue weighted by Crippen LogP contribution is -2.57. The maximum Gasteiger partial charge on any atom is 0.260 e. The van der Waals surface area contributed by atoms with Gasteiger partial charge in [-0.05, 0) is 43.0 Å². The third-order valence-electron chi connectivity index (χ3n) is 8.17. The summed E-state index contributed by atoms with van der Waals surface area (Å²) in [4.78, 5) is 22.4. The Balaban J connectivity index is 1.17. The van der Waals surface area contributed by atoms with E-state index in [1.165, 1.54) is 32.1 Å². The molecule has 4 aliphatic heterocycles. The molecule has 1 aromatic rings. The van der Waals surface area contributed by atoms with E-state index < -0.39 is 11.3 Å². The summed E-state index contributed by atoms with van der Waals surface area (Å²) in [6, 6.07) is 4.39. The molecule has 4 heterocycles. The van der Waals surface area contributed by atoms with Crippen LogP contribution in [0.2, 0.25) is 0 Å². The number of piperidine rings is 3.